The predicted molar refractivity (Wildman–Crippen MR) is 299 cm³/mol. The summed E-state index contributed by atoms with van der Waals surface area (Å²) in [5, 5.41) is 2.87. The van der Waals surface area contributed by atoms with Gasteiger partial charge in [0, 0.05) is 0 Å². The van der Waals surface area contributed by atoms with E-state index < -0.39 is 0 Å². The van der Waals surface area contributed by atoms with Gasteiger partial charge in [-0.3, -0.25) is 0 Å². The van der Waals surface area contributed by atoms with Crippen molar-refractivity contribution in [1.29, 1.82) is 0 Å². The fraction of sp³-hybridized carbons (Fsp3) is 0.176. The highest BCUT2D eigenvalue weighted by Gasteiger charge is 2.51. The zero-order chi connectivity index (χ0) is 47.6. The maximum atomic E-state index is 4.15. The van der Waals surface area contributed by atoms with Crippen LogP contribution in [0.1, 0.15) is 103 Å². The highest BCUT2D eigenvalue weighted by molar-refractivity contribution is 6.01. The third-order valence-electron chi connectivity index (χ3n) is 13.5. The average Bonchev–Trinajstić information content (AvgIpc) is 3.83. The van der Waals surface area contributed by atoms with Crippen molar-refractivity contribution in [2.24, 2.45) is 0 Å². The molecule has 7 aromatic rings. The molecule has 338 valence electrons. The summed E-state index contributed by atoms with van der Waals surface area (Å²) in [5.74, 6) is 0. The van der Waals surface area contributed by atoms with Gasteiger partial charge in [-0.2, -0.15) is 0 Å². The second kappa shape index (κ2) is 21.6. The molecule has 0 radical (unpaired) electrons. The van der Waals surface area contributed by atoms with Crippen molar-refractivity contribution >= 4 is 34.1 Å². The van der Waals surface area contributed by atoms with Crippen molar-refractivity contribution in [3.8, 4) is 22.3 Å². The van der Waals surface area contributed by atoms with Crippen molar-refractivity contribution in [2.45, 2.75) is 79.1 Å². The lowest BCUT2D eigenvalue weighted by molar-refractivity contribution is 0.778. The zero-order valence-electron chi connectivity index (χ0n) is 41.1. The second-order valence-electron chi connectivity index (χ2n) is 18.1. The van der Waals surface area contributed by atoms with E-state index in [4.69, 9.17) is 0 Å². The summed E-state index contributed by atoms with van der Waals surface area (Å²) >= 11 is 0. The highest BCUT2D eigenvalue weighted by atomic mass is 14.5. The van der Waals surface area contributed by atoms with Gasteiger partial charge in [0.2, 0.25) is 0 Å². The van der Waals surface area contributed by atoms with E-state index in [0.29, 0.717) is 0 Å². The fourth-order valence-electron chi connectivity index (χ4n) is 10.8. The molecule has 0 amide bonds. The summed E-state index contributed by atoms with van der Waals surface area (Å²) in [6, 6.07) is 52.2. The molecule has 0 bridgehead atoms. The molecule has 0 heteroatoms. The fourth-order valence-corrected chi connectivity index (χ4v) is 10.8. The molecule has 0 saturated carbocycles. The minimum atomic E-state index is -0.320. The number of allylic oxidation sites excluding steroid dienone is 12. The first-order valence-electron chi connectivity index (χ1n) is 24.7. The Morgan fingerprint density at radius 1 is 0.485 bits per heavy atom. The van der Waals surface area contributed by atoms with Gasteiger partial charge in [-0.15, -0.1) is 0 Å². The summed E-state index contributed by atoms with van der Waals surface area (Å²) in [7, 11) is 0. The molecule has 1 spiro atoms. The van der Waals surface area contributed by atoms with Crippen molar-refractivity contribution in [1.82, 2.24) is 0 Å². The Bertz CT molecular complexity index is 3070. The van der Waals surface area contributed by atoms with E-state index in [-0.39, 0.29) is 5.41 Å². The Balaban J connectivity index is 0.000000137. The predicted octanol–water partition coefficient (Wildman–Crippen LogP) is 18.8. The van der Waals surface area contributed by atoms with Crippen molar-refractivity contribution in [3.63, 3.8) is 0 Å². The van der Waals surface area contributed by atoms with Crippen LogP contribution in [0.2, 0.25) is 0 Å². The molecule has 0 nitrogen and oxygen atoms in total. The van der Waals surface area contributed by atoms with E-state index >= 15 is 0 Å². The standard InChI is InChI=1S/C27H24.C19H18.C19H16.C3H8/c1-5-13-23-19(7-3)21-15-9-11-17-25(21)27(23)24(14-6-2)20(8-4)22-16-10-12-18-26(22)27;1-13-10-11-18-16-8-3-2-6-14(16)15-7-4-5-9-17(15)19(18)12-13;1-15-12-13-18(16-8-4-2-5-9-16)19(14-15)17-10-6-3-7-11-17;1-3-2/h5-18H,3-4H2,1-2H3;3,5,8-12H,2,4,6-7H2,1H3;2-14H,1H3;3H2,1-2H3/b13-5-,14-6-;;;. The molecular formula is C68H66. The molecule has 68 heavy (non-hydrogen) atoms. The number of hydrogen-bond donors (Lipinski definition) is 0. The van der Waals surface area contributed by atoms with Gasteiger partial charge in [0.25, 0.3) is 0 Å². The summed E-state index contributed by atoms with van der Waals surface area (Å²) < 4.78 is 0. The number of fused-ring (bicyclic) bond motifs is 10. The average molecular weight is 883 g/mol. The van der Waals surface area contributed by atoms with Gasteiger partial charge in [0.15, 0.2) is 0 Å². The third kappa shape index (κ3) is 8.85. The van der Waals surface area contributed by atoms with Gasteiger partial charge in [0.05, 0.1) is 5.41 Å². The molecule has 0 aliphatic heterocycles. The minimum Gasteiger partial charge on any atom is -0.0984 e. The van der Waals surface area contributed by atoms with Crippen LogP contribution in [0.3, 0.4) is 0 Å². The number of benzene rings is 7. The van der Waals surface area contributed by atoms with Crippen LogP contribution in [-0.2, 0) is 18.3 Å². The Hall–Kier alpha value is -7.28. The number of hydrogen-bond acceptors (Lipinski definition) is 0. The SMILES string of the molecule is C=CC1=C(/C=C\C)C2(C(/C=C\C)=C(C=C)c3ccccc32)c2ccccc21.CCC.Cc1ccc(-c2ccccc2)c(-c2ccccc2)c1.Cc1ccc2c3c(c4c(c2c1)C=CCC4)CCC=C3. The molecule has 0 atom stereocenters. The topological polar surface area (TPSA) is 0 Å². The molecule has 0 unspecified atom stereocenters. The smallest absolute Gasteiger partial charge is 0.0725 e. The van der Waals surface area contributed by atoms with Crippen LogP contribution >= 0.6 is 0 Å². The Morgan fingerprint density at radius 2 is 0.926 bits per heavy atom. The van der Waals surface area contributed by atoms with Gasteiger partial charge in [0.1, 0.15) is 0 Å². The van der Waals surface area contributed by atoms with E-state index in [1.54, 1.807) is 11.1 Å². The molecule has 11 rings (SSSR count). The lowest BCUT2D eigenvalue weighted by Crippen LogP contribution is -2.27. The molecule has 4 aliphatic carbocycles. The van der Waals surface area contributed by atoms with Gasteiger partial charge in [-0.1, -0.05) is 251 Å². The first-order chi connectivity index (χ1) is 33.4. The first kappa shape index (κ1) is 47.2. The molecule has 0 heterocycles. The quantitative estimate of drug-likeness (QED) is 0.156. The second-order valence-corrected chi connectivity index (χ2v) is 18.1. The van der Waals surface area contributed by atoms with E-state index in [2.05, 4.69) is 249 Å². The first-order valence-corrected chi connectivity index (χ1v) is 24.7. The van der Waals surface area contributed by atoms with Crippen molar-refractivity contribution in [2.75, 3.05) is 0 Å². The van der Waals surface area contributed by atoms with Gasteiger partial charge in [-0.25, -0.2) is 0 Å². The molecule has 7 aromatic carbocycles. The van der Waals surface area contributed by atoms with Crippen LogP contribution in [0.4, 0.5) is 0 Å². The molecule has 0 aromatic heterocycles. The minimum absolute atomic E-state index is 0.320. The lowest BCUT2D eigenvalue weighted by Gasteiger charge is -2.32. The molecule has 0 fully saturated rings. The number of rotatable bonds is 6. The largest absolute Gasteiger partial charge is 0.0984 e. The molecule has 0 N–H and O–H groups in total. The van der Waals surface area contributed by atoms with Crippen molar-refractivity contribution < 1.29 is 0 Å². The Morgan fingerprint density at radius 3 is 1.43 bits per heavy atom. The zero-order valence-corrected chi connectivity index (χ0v) is 41.1. The summed E-state index contributed by atoms with van der Waals surface area (Å²) in [6.45, 7) is 21.0. The normalized spacial score (nSPS) is 14.6. The maximum absolute atomic E-state index is 4.15. The van der Waals surface area contributed by atoms with E-state index in [1.807, 2.05) is 12.2 Å². The molecular weight excluding hydrogens is 817 g/mol. The van der Waals surface area contributed by atoms with Gasteiger partial charge in [-0.05, 0) is 153 Å². The summed E-state index contributed by atoms with van der Waals surface area (Å²) in [6.07, 6.45) is 28.2. The number of aryl methyl sites for hydroxylation is 2. The maximum Gasteiger partial charge on any atom is 0.0725 e. The summed E-state index contributed by atoms with van der Waals surface area (Å²) in [4.78, 5) is 0. The van der Waals surface area contributed by atoms with Gasteiger partial charge >= 0.3 is 0 Å². The highest BCUT2D eigenvalue weighted by Crippen LogP contribution is 2.61. The van der Waals surface area contributed by atoms with Gasteiger partial charge < -0.3 is 0 Å². The lowest BCUT2D eigenvalue weighted by atomic mass is 9.68. The van der Waals surface area contributed by atoms with Crippen LogP contribution in [0, 0.1) is 13.8 Å². The summed E-state index contributed by atoms with van der Waals surface area (Å²) in [5.41, 5.74) is 23.8. The van der Waals surface area contributed by atoms with Crippen LogP contribution < -0.4 is 0 Å². The Kier molecular flexibility index (Phi) is 15.0. The molecule has 0 saturated heterocycles. The van der Waals surface area contributed by atoms with Crippen LogP contribution in [0.15, 0.2) is 219 Å². The van der Waals surface area contributed by atoms with Crippen LogP contribution in [-0.4, -0.2) is 0 Å². The Labute approximate surface area is 407 Å². The monoisotopic (exact) mass is 883 g/mol. The van der Waals surface area contributed by atoms with E-state index in [1.165, 1.54) is 132 Å². The van der Waals surface area contributed by atoms with E-state index in [0.717, 1.165) is 0 Å². The van der Waals surface area contributed by atoms with Crippen LogP contribution in [0.25, 0.3) is 56.3 Å². The van der Waals surface area contributed by atoms with Crippen LogP contribution in [0.5, 0.6) is 0 Å². The van der Waals surface area contributed by atoms with Crippen molar-refractivity contribution in [3.05, 3.63) is 274 Å². The third-order valence-corrected chi connectivity index (χ3v) is 13.5. The molecule has 4 aliphatic rings. The van der Waals surface area contributed by atoms with E-state index in [9.17, 15) is 0 Å².